The number of benzene rings is 1. The van der Waals surface area contributed by atoms with Crippen LogP contribution in [0.2, 0.25) is 5.02 Å². The molecule has 0 aliphatic heterocycles. The first-order chi connectivity index (χ1) is 9.15. The minimum absolute atomic E-state index is 0.0808. The quantitative estimate of drug-likeness (QED) is 0.726. The molecule has 0 spiro atoms. The number of H-pyrrole nitrogens is 1. The van der Waals surface area contributed by atoms with Crippen LogP contribution >= 0.6 is 23.8 Å². The average molecular weight is 294 g/mol. The van der Waals surface area contributed by atoms with Gasteiger partial charge in [-0.1, -0.05) is 17.7 Å². The number of fused-ring (bicyclic) bond motifs is 1. The molecule has 0 fully saturated rings. The maximum Gasteiger partial charge on any atom is 0.178 e. The van der Waals surface area contributed by atoms with Crippen LogP contribution in [0, 0.1) is 10.6 Å². The maximum absolute atomic E-state index is 13.6. The molecular weight excluding hydrogens is 285 g/mol. The highest BCUT2D eigenvalue weighted by Crippen LogP contribution is 2.23. The molecule has 96 valence electrons. The van der Waals surface area contributed by atoms with Gasteiger partial charge in [-0.05, 0) is 29.9 Å². The lowest BCUT2D eigenvalue weighted by Crippen LogP contribution is -2.00. The van der Waals surface area contributed by atoms with Gasteiger partial charge in [0.05, 0.1) is 22.6 Å². The maximum atomic E-state index is 13.6. The van der Waals surface area contributed by atoms with Crippen LogP contribution in [0.3, 0.4) is 0 Å². The molecule has 2 heterocycles. The average Bonchev–Trinajstić information content (AvgIpc) is 2.68. The third kappa shape index (κ3) is 2.27. The van der Waals surface area contributed by atoms with Gasteiger partial charge < -0.3 is 9.55 Å². The van der Waals surface area contributed by atoms with Crippen LogP contribution in [-0.4, -0.2) is 14.5 Å². The number of aromatic nitrogens is 3. The van der Waals surface area contributed by atoms with Gasteiger partial charge in [0.2, 0.25) is 0 Å². The molecule has 1 N–H and O–H groups in total. The van der Waals surface area contributed by atoms with Gasteiger partial charge in [-0.3, -0.25) is 4.98 Å². The summed E-state index contributed by atoms with van der Waals surface area (Å²) in [5.74, 6) is -0.455. The van der Waals surface area contributed by atoms with Crippen LogP contribution < -0.4 is 0 Å². The van der Waals surface area contributed by atoms with Gasteiger partial charge in [0.1, 0.15) is 5.82 Å². The van der Waals surface area contributed by atoms with Crippen molar-refractivity contribution in [3.05, 3.63) is 57.8 Å². The van der Waals surface area contributed by atoms with Crippen molar-refractivity contribution in [2.24, 2.45) is 0 Å². The van der Waals surface area contributed by atoms with Crippen LogP contribution in [-0.2, 0) is 6.54 Å². The number of halogens is 2. The van der Waals surface area contributed by atoms with Crippen LogP contribution in [0.5, 0.6) is 0 Å². The monoisotopic (exact) mass is 293 g/mol. The van der Waals surface area contributed by atoms with Crippen molar-refractivity contribution in [1.29, 1.82) is 0 Å². The van der Waals surface area contributed by atoms with Crippen molar-refractivity contribution < 1.29 is 4.39 Å². The first-order valence-electron chi connectivity index (χ1n) is 5.61. The SMILES string of the molecule is Fc1cc2c(cc1Cl)[nH]c(=S)n2Cc1cccnc1. The molecule has 0 aliphatic carbocycles. The number of pyridine rings is 1. The lowest BCUT2D eigenvalue weighted by atomic mass is 10.2. The normalized spacial score (nSPS) is 11.1. The molecule has 0 amide bonds. The first kappa shape index (κ1) is 12.3. The Balaban J connectivity index is 2.16. The fourth-order valence-corrected chi connectivity index (χ4v) is 2.42. The van der Waals surface area contributed by atoms with Gasteiger partial charge >= 0.3 is 0 Å². The third-order valence-electron chi connectivity index (χ3n) is 2.88. The van der Waals surface area contributed by atoms with Crippen molar-refractivity contribution in [3.8, 4) is 0 Å². The molecule has 0 saturated carbocycles. The van der Waals surface area contributed by atoms with Gasteiger partial charge in [0.25, 0.3) is 0 Å². The van der Waals surface area contributed by atoms with E-state index in [1.807, 2.05) is 16.7 Å². The van der Waals surface area contributed by atoms with Gasteiger partial charge in [-0.2, -0.15) is 0 Å². The summed E-state index contributed by atoms with van der Waals surface area (Å²) in [7, 11) is 0. The van der Waals surface area contributed by atoms with Crippen molar-refractivity contribution in [1.82, 2.24) is 14.5 Å². The summed E-state index contributed by atoms with van der Waals surface area (Å²) in [6.45, 7) is 0.535. The fraction of sp³-hybridized carbons (Fsp3) is 0.0769. The van der Waals surface area contributed by atoms with E-state index in [9.17, 15) is 4.39 Å². The van der Waals surface area contributed by atoms with E-state index in [1.54, 1.807) is 18.5 Å². The summed E-state index contributed by atoms with van der Waals surface area (Å²) in [5.41, 5.74) is 2.41. The van der Waals surface area contributed by atoms with Crippen LogP contribution in [0.1, 0.15) is 5.56 Å². The van der Waals surface area contributed by atoms with E-state index in [2.05, 4.69) is 9.97 Å². The number of imidazole rings is 1. The van der Waals surface area contributed by atoms with Gasteiger partial charge in [-0.25, -0.2) is 4.39 Å². The molecule has 3 nitrogen and oxygen atoms in total. The Hall–Kier alpha value is -1.72. The second-order valence-corrected chi connectivity index (χ2v) is 4.95. The largest absolute Gasteiger partial charge is 0.331 e. The highest BCUT2D eigenvalue weighted by Gasteiger charge is 2.09. The summed E-state index contributed by atoms with van der Waals surface area (Å²) in [6, 6.07) is 6.73. The molecule has 0 unspecified atom stereocenters. The lowest BCUT2D eigenvalue weighted by Gasteiger charge is -2.04. The molecule has 2 aromatic heterocycles. The van der Waals surface area contributed by atoms with Crippen LogP contribution in [0.25, 0.3) is 11.0 Å². The van der Waals surface area contributed by atoms with Crippen molar-refractivity contribution in [2.45, 2.75) is 6.54 Å². The fourth-order valence-electron chi connectivity index (χ4n) is 1.98. The predicted molar refractivity (Wildman–Crippen MR) is 75.4 cm³/mol. The van der Waals surface area contributed by atoms with Gasteiger partial charge in [-0.15, -0.1) is 0 Å². The lowest BCUT2D eigenvalue weighted by molar-refractivity contribution is 0.629. The van der Waals surface area contributed by atoms with E-state index >= 15 is 0 Å². The highest BCUT2D eigenvalue weighted by molar-refractivity contribution is 7.71. The van der Waals surface area contributed by atoms with Gasteiger partial charge in [0.15, 0.2) is 4.77 Å². The van der Waals surface area contributed by atoms with E-state index in [4.69, 9.17) is 23.8 Å². The molecule has 1 aromatic carbocycles. The zero-order valence-corrected chi connectivity index (χ0v) is 11.3. The van der Waals surface area contributed by atoms with Crippen LogP contribution in [0.15, 0.2) is 36.7 Å². The van der Waals surface area contributed by atoms with Crippen molar-refractivity contribution in [3.63, 3.8) is 0 Å². The highest BCUT2D eigenvalue weighted by atomic mass is 35.5. The van der Waals surface area contributed by atoms with Crippen molar-refractivity contribution in [2.75, 3.05) is 0 Å². The number of nitrogens with zero attached hydrogens (tertiary/aromatic N) is 2. The molecule has 0 bridgehead atoms. The Kier molecular flexibility index (Phi) is 3.08. The molecule has 0 saturated heterocycles. The van der Waals surface area contributed by atoms with E-state index in [-0.39, 0.29) is 5.02 Å². The van der Waals surface area contributed by atoms with Crippen LogP contribution in [0.4, 0.5) is 4.39 Å². The zero-order valence-electron chi connectivity index (χ0n) is 9.73. The molecule has 0 atom stereocenters. The molecular formula is C13H9ClFN3S. The summed E-state index contributed by atoms with van der Waals surface area (Å²) < 4.78 is 15.9. The minimum Gasteiger partial charge on any atom is -0.331 e. The number of hydrogen-bond acceptors (Lipinski definition) is 2. The van der Waals surface area contributed by atoms with E-state index in [0.29, 0.717) is 16.8 Å². The Morgan fingerprint density at radius 1 is 1.42 bits per heavy atom. The molecule has 0 radical (unpaired) electrons. The van der Waals surface area contributed by atoms with Gasteiger partial charge in [0, 0.05) is 18.5 Å². The van der Waals surface area contributed by atoms with Crippen molar-refractivity contribution >= 4 is 34.9 Å². The summed E-state index contributed by atoms with van der Waals surface area (Å²) in [6.07, 6.45) is 3.46. The standard InChI is InChI=1S/C13H9ClFN3S/c14-9-4-11-12(5-10(9)15)18(13(19)17-11)7-8-2-1-3-16-6-8/h1-6H,7H2,(H,17,19). The van der Waals surface area contributed by atoms with E-state index < -0.39 is 5.82 Å². The number of hydrogen-bond donors (Lipinski definition) is 1. The third-order valence-corrected chi connectivity index (χ3v) is 3.49. The Labute approximate surface area is 118 Å². The Morgan fingerprint density at radius 2 is 2.26 bits per heavy atom. The molecule has 3 aromatic rings. The molecule has 0 aliphatic rings. The molecule has 3 rings (SSSR count). The summed E-state index contributed by atoms with van der Waals surface area (Å²) >= 11 is 11.0. The summed E-state index contributed by atoms with van der Waals surface area (Å²) in [4.78, 5) is 7.08. The number of rotatable bonds is 2. The van der Waals surface area contributed by atoms with E-state index in [1.165, 1.54) is 6.07 Å². The Morgan fingerprint density at radius 3 is 3.00 bits per heavy atom. The number of aromatic amines is 1. The second-order valence-electron chi connectivity index (χ2n) is 4.16. The first-order valence-corrected chi connectivity index (χ1v) is 6.40. The second kappa shape index (κ2) is 4.75. The number of nitrogens with one attached hydrogen (secondary N) is 1. The smallest absolute Gasteiger partial charge is 0.178 e. The molecule has 6 heteroatoms. The predicted octanol–water partition coefficient (Wildman–Crippen LogP) is 3.93. The zero-order chi connectivity index (χ0) is 13.4. The minimum atomic E-state index is -0.455. The topological polar surface area (TPSA) is 33.6 Å². The Bertz CT molecular complexity index is 795. The summed E-state index contributed by atoms with van der Waals surface area (Å²) in [5, 5.41) is 0.0808. The van der Waals surface area contributed by atoms with E-state index in [0.717, 1.165) is 11.1 Å². The molecule has 19 heavy (non-hydrogen) atoms.